The molecule has 0 saturated carbocycles. The van der Waals surface area contributed by atoms with Gasteiger partial charge in [0.1, 0.15) is 0 Å². The molecule has 2 aromatic rings. The molecule has 2 aromatic carbocycles. The van der Waals surface area contributed by atoms with Crippen LogP contribution >= 0.6 is 0 Å². The molecule has 3 rings (SSSR count). The highest BCUT2D eigenvalue weighted by molar-refractivity contribution is 5.71. The highest BCUT2D eigenvalue weighted by atomic mass is 15.1. The average molecular weight is 374 g/mol. The van der Waals surface area contributed by atoms with Gasteiger partial charge in [0, 0.05) is 17.1 Å². The van der Waals surface area contributed by atoms with Crippen LogP contribution < -0.4 is 4.90 Å². The Morgan fingerprint density at radius 3 is 1.46 bits per heavy atom. The molecule has 1 atom stereocenters. The Labute approximate surface area is 171 Å². The zero-order valence-corrected chi connectivity index (χ0v) is 18.6. The van der Waals surface area contributed by atoms with Gasteiger partial charge in [-0.25, -0.2) is 0 Å². The van der Waals surface area contributed by atoms with Crippen LogP contribution in [0, 0.1) is 5.92 Å². The molecule has 1 aliphatic carbocycles. The van der Waals surface area contributed by atoms with Crippen LogP contribution in [-0.2, 0) is 10.8 Å². The molecular formula is C27H35N. The van der Waals surface area contributed by atoms with E-state index in [1.54, 1.807) is 0 Å². The van der Waals surface area contributed by atoms with Crippen LogP contribution in [0.25, 0.3) is 0 Å². The third-order valence-electron chi connectivity index (χ3n) is 5.54. The lowest BCUT2D eigenvalue weighted by atomic mass is 9.86. The topological polar surface area (TPSA) is 3.24 Å². The molecule has 0 saturated heterocycles. The molecule has 148 valence electrons. The summed E-state index contributed by atoms with van der Waals surface area (Å²) in [6.07, 6.45) is 8.03. The van der Waals surface area contributed by atoms with Crippen molar-refractivity contribution in [3.05, 3.63) is 83.6 Å². The van der Waals surface area contributed by atoms with E-state index in [2.05, 4.69) is 120 Å². The van der Waals surface area contributed by atoms with E-state index in [0.29, 0.717) is 5.92 Å². The minimum atomic E-state index is 0.164. The summed E-state index contributed by atoms with van der Waals surface area (Å²) in [5, 5.41) is 0. The fourth-order valence-corrected chi connectivity index (χ4v) is 3.55. The number of hydrogen-bond donors (Lipinski definition) is 0. The Morgan fingerprint density at radius 1 is 0.714 bits per heavy atom. The van der Waals surface area contributed by atoms with Gasteiger partial charge in [0.25, 0.3) is 0 Å². The number of hydrogen-bond acceptors (Lipinski definition) is 1. The molecule has 1 unspecified atom stereocenters. The second-order valence-electron chi connectivity index (χ2n) is 10.1. The van der Waals surface area contributed by atoms with Gasteiger partial charge in [-0.1, -0.05) is 84.9 Å². The molecule has 1 nitrogen and oxygen atoms in total. The molecule has 0 fully saturated rings. The van der Waals surface area contributed by atoms with Crippen LogP contribution in [0.5, 0.6) is 0 Å². The molecule has 0 aromatic heterocycles. The van der Waals surface area contributed by atoms with Gasteiger partial charge in [0.15, 0.2) is 0 Å². The first-order chi connectivity index (χ1) is 13.1. The second kappa shape index (κ2) is 7.62. The summed E-state index contributed by atoms with van der Waals surface area (Å²) >= 11 is 0. The van der Waals surface area contributed by atoms with Crippen molar-refractivity contribution in [2.45, 2.75) is 65.7 Å². The Kier molecular flexibility index (Phi) is 5.57. The van der Waals surface area contributed by atoms with Crippen LogP contribution in [0.2, 0.25) is 0 Å². The summed E-state index contributed by atoms with van der Waals surface area (Å²) in [5.41, 5.74) is 6.73. The Hall–Kier alpha value is -2.28. The number of allylic oxidation sites excluding steroid dienone is 3. The van der Waals surface area contributed by atoms with Gasteiger partial charge in [-0.05, 0) is 64.6 Å². The zero-order valence-electron chi connectivity index (χ0n) is 18.6. The lowest BCUT2D eigenvalue weighted by molar-refractivity contribution is 0.590. The van der Waals surface area contributed by atoms with E-state index < -0.39 is 0 Å². The fraction of sp³-hybridized carbons (Fsp3) is 0.407. The zero-order chi connectivity index (χ0) is 20.5. The summed E-state index contributed by atoms with van der Waals surface area (Å²) < 4.78 is 0. The highest BCUT2D eigenvalue weighted by Gasteiger charge is 2.19. The number of benzene rings is 2. The van der Waals surface area contributed by atoms with Crippen LogP contribution in [0.4, 0.5) is 11.4 Å². The SMILES string of the molecule is CC1C=CC(N(c2ccc(C(C)(C)C)cc2)c2ccc(C(C)(C)C)cc2)=CC1. The summed E-state index contributed by atoms with van der Waals surface area (Å²) in [5.74, 6) is 0.608. The van der Waals surface area contributed by atoms with E-state index in [0.717, 1.165) is 6.42 Å². The summed E-state index contributed by atoms with van der Waals surface area (Å²) in [7, 11) is 0. The molecule has 0 bridgehead atoms. The smallest absolute Gasteiger partial charge is 0.0461 e. The van der Waals surface area contributed by atoms with Gasteiger partial charge in [-0.15, -0.1) is 0 Å². The summed E-state index contributed by atoms with van der Waals surface area (Å²) in [6.45, 7) is 15.8. The Bertz CT molecular complexity index is 795. The van der Waals surface area contributed by atoms with Gasteiger partial charge in [-0.2, -0.15) is 0 Å². The van der Waals surface area contributed by atoms with Crippen molar-refractivity contribution < 1.29 is 0 Å². The lowest BCUT2D eigenvalue weighted by Crippen LogP contribution is -2.18. The Morgan fingerprint density at radius 2 is 1.14 bits per heavy atom. The lowest BCUT2D eigenvalue weighted by Gasteiger charge is -2.30. The van der Waals surface area contributed by atoms with Crippen LogP contribution in [0.3, 0.4) is 0 Å². The maximum Gasteiger partial charge on any atom is 0.0461 e. The van der Waals surface area contributed by atoms with E-state index in [9.17, 15) is 0 Å². The van der Waals surface area contributed by atoms with E-state index in [1.165, 1.54) is 28.2 Å². The van der Waals surface area contributed by atoms with Crippen molar-refractivity contribution in [1.82, 2.24) is 0 Å². The minimum absolute atomic E-state index is 0.164. The standard InChI is InChI=1S/C27H35N/c1-20-8-14-23(15-9-20)28(24-16-10-21(11-17-24)26(2,3)4)25-18-12-22(13-19-25)27(5,6)7/h8,10-20H,9H2,1-7H3. The van der Waals surface area contributed by atoms with Gasteiger partial charge < -0.3 is 4.90 Å². The predicted octanol–water partition coefficient (Wildman–Crippen LogP) is 7.90. The van der Waals surface area contributed by atoms with E-state index in [1.807, 2.05) is 0 Å². The molecule has 0 radical (unpaired) electrons. The first-order valence-electron chi connectivity index (χ1n) is 10.5. The number of anilines is 2. The Balaban J connectivity index is 2.02. The molecular weight excluding hydrogens is 338 g/mol. The van der Waals surface area contributed by atoms with Crippen molar-refractivity contribution in [2.75, 3.05) is 4.90 Å². The normalized spacial score (nSPS) is 17.4. The van der Waals surface area contributed by atoms with E-state index >= 15 is 0 Å². The van der Waals surface area contributed by atoms with Crippen molar-refractivity contribution in [3.63, 3.8) is 0 Å². The van der Waals surface area contributed by atoms with Crippen molar-refractivity contribution in [1.29, 1.82) is 0 Å². The van der Waals surface area contributed by atoms with Gasteiger partial charge in [0.05, 0.1) is 0 Å². The number of rotatable bonds is 3. The maximum absolute atomic E-state index is 2.38. The van der Waals surface area contributed by atoms with Crippen LogP contribution in [-0.4, -0.2) is 0 Å². The molecule has 0 heterocycles. The van der Waals surface area contributed by atoms with Crippen molar-refractivity contribution in [3.8, 4) is 0 Å². The van der Waals surface area contributed by atoms with Crippen molar-refractivity contribution in [2.24, 2.45) is 5.92 Å². The fourth-order valence-electron chi connectivity index (χ4n) is 3.55. The number of nitrogens with zero attached hydrogens (tertiary/aromatic N) is 1. The molecule has 1 heteroatoms. The average Bonchev–Trinajstić information content (AvgIpc) is 2.63. The molecule has 0 spiro atoms. The molecule has 0 N–H and O–H groups in total. The third-order valence-corrected chi connectivity index (χ3v) is 5.54. The minimum Gasteiger partial charge on any atom is -0.311 e. The van der Waals surface area contributed by atoms with Gasteiger partial charge in [0.2, 0.25) is 0 Å². The second-order valence-corrected chi connectivity index (χ2v) is 10.1. The monoisotopic (exact) mass is 373 g/mol. The third kappa shape index (κ3) is 4.58. The molecule has 1 aliphatic rings. The first-order valence-corrected chi connectivity index (χ1v) is 10.5. The molecule has 28 heavy (non-hydrogen) atoms. The predicted molar refractivity (Wildman–Crippen MR) is 123 cm³/mol. The van der Waals surface area contributed by atoms with Crippen LogP contribution in [0.15, 0.2) is 72.5 Å². The molecule has 0 aliphatic heterocycles. The summed E-state index contributed by atoms with van der Waals surface area (Å²) in [4.78, 5) is 2.38. The van der Waals surface area contributed by atoms with E-state index in [4.69, 9.17) is 0 Å². The summed E-state index contributed by atoms with van der Waals surface area (Å²) in [6, 6.07) is 18.1. The quantitative estimate of drug-likeness (QED) is 0.528. The maximum atomic E-state index is 2.38. The largest absolute Gasteiger partial charge is 0.311 e. The van der Waals surface area contributed by atoms with Gasteiger partial charge in [-0.3, -0.25) is 0 Å². The van der Waals surface area contributed by atoms with Crippen molar-refractivity contribution >= 4 is 11.4 Å². The van der Waals surface area contributed by atoms with Crippen LogP contribution in [0.1, 0.15) is 66.0 Å². The first kappa shape index (κ1) is 20.5. The van der Waals surface area contributed by atoms with E-state index in [-0.39, 0.29) is 10.8 Å². The highest BCUT2D eigenvalue weighted by Crippen LogP contribution is 2.35. The van der Waals surface area contributed by atoms with Gasteiger partial charge >= 0.3 is 0 Å². The molecule has 0 amide bonds.